The Hall–Kier alpha value is -1.92. The Balaban J connectivity index is 2.71. The van der Waals surface area contributed by atoms with Gasteiger partial charge in [-0.15, -0.1) is 0 Å². The molecule has 0 saturated heterocycles. The van der Waals surface area contributed by atoms with E-state index in [1.165, 1.54) is 0 Å². The smallest absolute Gasteiger partial charge is 0.380 e. The number of hydrogen-bond donors (Lipinski definition) is 3. The number of allylic oxidation sites excluding steroid dienone is 1. The zero-order valence-electron chi connectivity index (χ0n) is 8.90. The summed E-state index contributed by atoms with van der Waals surface area (Å²) < 4.78 is 50.0. The van der Waals surface area contributed by atoms with E-state index in [2.05, 4.69) is 5.43 Å². The van der Waals surface area contributed by atoms with Crippen LogP contribution >= 0.6 is 0 Å². The van der Waals surface area contributed by atoms with Crippen molar-refractivity contribution in [2.75, 3.05) is 12.5 Å². The summed E-state index contributed by atoms with van der Waals surface area (Å²) in [6.45, 7) is 0. The lowest BCUT2D eigenvalue weighted by Crippen LogP contribution is -2.30. The molecule has 0 spiro atoms. The largest absolute Gasteiger partial charge is 0.435 e. The fourth-order valence-electron chi connectivity index (χ4n) is 1.09. The van der Waals surface area contributed by atoms with Gasteiger partial charge in [-0.25, -0.2) is 0 Å². The van der Waals surface area contributed by atoms with Crippen LogP contribution in [0.5, 0.6) is 0 Å². The number of nitrogens with one attached hydrogen (secondary N) is 3. The van der Waals surface area contributed by atoms with Gasteiger partial charge in [-0.2, -0.15) is 17.6 Å². The van der Waals surface area contributed by atoms with E-state index in [4.69, 9.17) is 0 Å². The maximum absolute atomic E-state index is 13.2. The first-order valence-electron chi connectivity index (χ1n) is 4.67. The predicted molar refractivity (Wildman–Crippen MR) is 56.4 cm³/mol. The Morgan fingerprint density at radius 3 is 2.18 bits per heavy atom. The van der Waals surface area contributed by atoms with Crippen molar-refractivity contribution in [2.24, 2.45) is 0 Å². The van der Waals surface area contributed by atoms with Crippen LogP contribution in [0.2, 0.25) is 0 Å². The number of rotatable bonds is 4. The Kier molecular flexibility index (Phi) is 4.19. The molecule has 1 aromatic carbocycles. The zero-order valence-corrected chi connectivity index (χ0v) is 8.90. The average molecular weight is 249 g/mol. The zero-order chi connectivity index (χ0) is 12.9. The van der Waals surface area contributed by atoms with E-state index in [0.717, 1.165) is 7.05 Å². The molecule has 3 N–H and O–H groups in total. The van der Waals surface area contributed by atoms with Crippen molar-refractivity contribution >= 4 is 5.69 Å². The fourth-order valence-corrected chi connectivity index (χ4v) is 1.09. The van der Waals surface area contributed by atoms with Crippen LogP contribution in [0.25, 0.3) is 0 Å². The van der Waals surface area contributed by atoms with Crippen molar-refractivity contribution in [2.45, 2.75) is 6.18 Å². The van der Waals surface area contributed by atoms with Crippen LogP contribution in [-0.2, 0) is 0 Å². The molecule has 1 rings (SSSR count). The number of benzene rings is 1. The van der Waals surface area contributed by atoms with Crippen molar-refractivity contribution in [1.82, 2.24) is 10.7 Å². The average Bonchev–Trinajstić information content (AvgIpc) is 2.27. The second kappa shape index (κ2) is 5.42. The van der Waals surface area contributed by atoms with E-state index >= 15 is 0 Å². The van der Waals surface area contributed by atoms with Gasteiger partial charge < -0.3 is 5.32 Å². The monoisotopic (exact) mass is 249 g/mol. The molecule has 0 radical (unpaired) electrons. The van der Waals surface area contributed by atoms with Gasteiger partial charge in [0, 0.05) is 7.05 Å². The van der Waals surface area contributed by atoms with E-state index in [-0.39, 0.29) is 0 Å². The first-order valence-corrected chi connectivity index (χ1v) is 4.67. The van der Waals surface area contributed by atoms with Crippen molar-refractivity contribution < 1.29 is 17.6 Å². The molecular weight excluding hydrogens is 238 g/mol. The highest BCUT2D eigenvalue weighted by atomic mass is 19.4. The van der Waals surface area contributed by atoms with Crippen molar-refractivity contribution in [3.05, 3.63) is 42.0 Å². The van der Waals surface area contributed by atoms with Gasteiger partial charge in [0.25, 0.3) is 0 Å². The number of para-hydroxylation sites is 1. The summed E-state index contributed by atoms with van der Waals surface area (Å²) in [6, 6.07) is 8.20. The summed E-state index contributed by atoms with van der Waals surface area (Å²) in [5.74, 6) is -1.52. The lowest BCUT2D eigenvalue weighted by molar-refractivity contribution is -0.0984. The Morgan fingerprint density at radius 2 is 1.71 bits per heavy atom. The first-order chi connectivity index (χ1) is 7.95. The topological polar surface area (TPSA) is 36.1 Å². The minimum absolute atomic E-state index is 0.445. The van der Waals surface area contributed by atoms with Crippen LogP contribution in [0.4, 0.5) is 23.2 Å². The summed E-state index contributed by atoms with van der Waals surface area (Å²) in [7, 11) is 0.993. The molecule has 0 unspecified atom stereocenters. The van der Waals surface area contributed by atoms with Crippen LogP contribution in [0, 0.1) is 0 Å². The third kappa shape index (κ3) is 3.86. The van der Waals surface area contributed by atoms with Crippen LogP contribution in [0.3, 0.4) is 0 Å². The van der Waals surface area contributed by atoms with Crippen LogP contribution < -0.4 is 16.2 Å². The van der Waals surface area contributed by atoms with Gasteiger partial charge >= 0.3 is 6.18 Å². The van der Waals surface area contributed by atoms with Gasteiger partial charge in [0.1, 0.15) is 0 Å². The molecule has 1 aromatic rings. The molecule has 0 atom stereocenters. The Morgan fingerprint density at radius 1 is 1.12 bits per heavy atom. The fraction of sp³-hybridized carbons (Fsp3) is 0.200. The van der Waals surface area contributed by atoms with Crippen LogP contribution in [0.15, 0.2) is 42.0 Å². The molecule has 0 aromatic heterocycles. The quantitative estimate of drug-likeness (QED) is 0.436. The Bertz CT molecular complexity index is 386. The molecule has 0 aliphatic carbocycles. The molecule has 94 valence electrons. The van der Waals surface area contributed by atoms with Gasteiger partial charge in [-0.1, -0.05) is 18.2 Å². The molecule has 0 fully saturated rings. The maximum Gasteiger partial charge on any atom is 0.435 e. The van der Waals surface area contributed by atoms with Gasteiger partial charge in [0.2, 0.25) is 5.95 Å². The minimum atomic E-state index is -4.77. The molecule has 0 saturated carbocycles. The third-order valence-electron chi connectivity index (χ3n) is 1.84. The second-order valence-electron chi connectivity index (χ2n) is 3.05. The highest BCUT2D eigenvalue weighted by Gasteiger charge is 2.36. The molecule has 0 bridgehead atoms. The number of hydrazine groups is 1. The summed E-state index contributed by atoms with van der Waals surface area (Å²) in [6.07, 6.45) is -4.77. The summed E-state index contributed by atoms with van der Waals surface area (Å²) in [5, 5.41) is 1.76. The summed E-state index contributed by atoms with van der Waals surface area (Å²) in [5.41, 5.74) is 3.12. The number of alkyl halides is 3. The first kappa shape index (κ1) is 13.1. The van der Waals surface area contributed by atoms with Gasteiger partial charge in [-0.05, 0) is 12.1 Å². The molecule has 17 heavy (non-hydrogen) atoms. The molecule has 0 aliphatic rings. The van der Waals surface area contributed by atoms with Gasteiger partial charge in [0.15, 0.2) is 5.70 Å². The maximum atomic E-state index is 13.2. The number of halogens is 4. The summed E-state index contributed by atoms with van der Waals surface area (Å²) >= 11 is 0. The Labute approximate surface area is 95.5 Å². The molecule has 7 heteroatoms. The molecular formula is C10H11F4N3. The minimum Gasteiger partial charge on any atom is -0.380 e. The lowest BCUT2D eigenvalue weighted by atomic mass is 10.3. The van der Waals surface area contributed by atoms with E-state index in [1.807, 2.05) is 5.43 Å². The van der Waals surface area contributed by atoms with E-state index < -0.39 is 17.8 Å². The van der Waals surface area contributed by atoms with Crippen LogP contribution in [-0.4, -0.2) is 13.2 Å². The summed E-state index contributed by atoms with van der Waals surface area (Å²) in [4.78, 5) is 0. The molecule has 0 heterocycles. The molecule has 0 aliphatic heterocycles. The number of anilines is 1. The standard InChI is InChI=1S/C10H11F4N3/c1-15-8(10(12,13)14)9(11)17-16-7-5-3-2-4-6-7/h2-6,15-17H,1H3. The van der Waals surface area contributed by atoms with Crippen LogP contribution in [0.1, 0.15) is 0 Å². The highest BCUT2D eigenvalue weighted by molar-refractivity contribution is 5.41. The van der Waals surface area contributed by atoms with E-state index in [9.17, 15) is 17.6 Å². The molecule has 3 nitrogen and oxygen atoms in total. The normalized spacial score (nSPS) is 12.8. The molecule has 0 amide bonds. The van der Waals surface area contributed by atoms with Crippen molar-refractivity contribution in [3.63, 3.8) is 0 Å². The predicted octanol–water partition coefficient (Wildman–Crippen LogP) is 2.52. The van der Waals surface area contributed by atoms with E-state index in [1.54, 1.807) is 35.6 Å². The van der Waals surface area contributed by atoms with Gasteiger partial charge in [0.05, 0.1) is 5.69 Å². The lowest BCUT2D eigenvalue weighted by Gasteiger charge is -2.14. The highest BCUT2D eigenvalue weighted by Crippen LogP contribution is 2.25. The van der Waals surface area contributed by atoms with Crippen molar-refractivity contribution in [3.8, 4) is 0 Å². The third-order valence-corrected chi connectivity index (χ3v) is 1.84. The van der Waals surface area contributed by atoms with E-state index in [0.29, 0.717) is 5.69 Å². The number of hydrogen-bond acceptors (Lipinski definition) is 3. The second-order valence-corrected chi connectivity index (χ2v) is 3.05. The SMILES string of the molecule is CNC(=C(F)NNc1ccccc1)C(F)(F)F. The van der Waals surface area contributed by atoms with Crippen molar-refractivity contribution in [1.29, 1.82) is 0 Å². The van der Waals surface area contributed by atoms with Gasteiger partial charge in [-0.3, -0.25) is 10.9 Å².